The van der Waals surface area contributed by atoms with Crippen molar-refractivity contribution in [2.24, 2.45) is 16.5 Å². The second-order valence-electron chi connectivity index (χ2n) is 10.6. The minimum atomic E-state index is -2.60. The van der Waals surface area contributed by atoms with Crippen LogP contribution in [0, 0.1) is 6.92 Å². The van der Waals surface area contributed by atoms with Crippen LogP contribution in [0.2, 0.25) is 0 Å². The van der Waals surface area contributed by atoms with Crippen LogP contribution in [0.25, 0.3) is 11.1 Å². The number of amides is 3. The molecule has 4 aliphatic rings. The van der Waals surface area contributed by atoms with Gasteiger partial charge in [-0.15, -0.1) is 0 Å². The molecular formula is C27H31N8O5+. The van der Waals surface area contributed by atoms with Crippen molar-refractivity contribution in [2.75, 3.05) is 13.1 Å². The number of likely N-dealkylation sites (tertiary alicyclic amines) is 1. The second-order valence-corrected chi connectivity index (χ2v) is 10.6. The third-order valence-corrected chi connectivity index (χ3v) is 8.29. The minimum absolute atomic E-state index is 0.0364. The first-order valence-corrected chi connectivity index (χ1v) is 13.1. The second kappa shape index (κ2) is 9.03. The van der Waals surface area contributed by atoms with Gasteiger partial charge in [-0.1, -0.05) is 36.4 Å². The van der Waals surface area contributed by atoms with Crippen molar-refractivity contribution >= 4 is 29.6 Å². The summed E-state index contributed by atoms with van der Waals surface area (Å²) in [6, 6.07) is 11.9. The van der Waals surface area contributed by atoms with E-state index in [-0.39, 0.29) is 49.7 Å². The third-order valence-electron chi connectivity index (χ3n) is 8.29. The number of rotatable bonds is 5. The van der Waals surface area contributed by atoms with Gasteiger partial charge in [0, 0.05) is 18.4 Å². The molecule has 6 rings (SSSR count). The van der Waals surface area contributed by atoms with Gasteiger partial charge in [0.05, 0.1) is 13.1 Å². The van der Waals surface area contributed by atoms with E-state index in [0.717, 1.165) is 21.6 Å². The predicted octanol–water partition coefficient (Wildman–Crippen LogP) is -3.33. The average Bonchev–Trinajstić information content (AvgIpc) is 3.52. The Kier molecular flexibility index (Phi) is 5.82. The fourth-order valence-electron chi connectivity index (χ4n) is 6.30. The van der Waals surface area contributed by atoms with E-state index < -0.39 is 35.5 Å². The molecule has 0 radical (unpaired) electrons. The Labute approximate surface area is 229 Å². The maximum Gasteiger partial charge on any atom is 0.343 e. The number of imide groups is 1. The number of aryl methyl sites for hydroxylation is 1. The van der Waals surface area contributed by atoms with Gasteiger partial charge in [0.1, 0.15) is 12.1 Å². The number of nitrogens with two attached hydrogens (primary N) is 2. The number of carbonyl (C=O) groups excluding carboxylic acids is 3. The average molecular weight is 548 g/mol. The van der Waals surface area contributed by atoms with Gasteiger partial charge in [-0.2, -0.15) is 0 Å². The van der Waals surface area contributed by atoms with Gasteiger partial charge in [-0.3, -0.25) is 34.9 Å². The first-order valence-electron chi connectivity index (χ1n) is 13.1. The Morgan fingerprint density at radius 3 is 2.60 bits per heavy atom. The number of aliphatic imine (C=N–C) groups is 1. The molecule has 13 heteroatoms. The summed E-state index contributed by atoms with van der Waals surface area (Å²) in [4.78, 5) is 48.0. The highest BCUT2D eigenvalue weighted by atomic mass is 16.5. The van der Waals surface area contributed by atoms with Crippen LogP contribution in [0.15, 0.2) is 53.5 Å². The van der Waals surface area contributed by atoms with E-state index in [1.807, 2.05) is 37.3 Å². The highest BCUT2D eigenvalue weighted by Gasteiger charge is 2.76. The van der Waals surface area contributed by atoms with Gasteiger partial charge in [-0.05, 0) is 35.7 Å². The van der Waals surface area contributed by atoms with Crippen molar-refractivity contribution < 1.29 is 29.6 Å². The topological polar surface area (TPSA) is 201 Å². The zero-order valence-corrected chi connectivity index (χ0v) is 21.8. The number of nitrogens with zero attached hydrogens (tertiary/aromatic N) is 3. The fraction of sp³-hybridized carbons (Fsp3) is 0.370. The van der Waals surface area contributed by atoms with Crippen molar-refractivity contribution in [3.8, 4) is 11.1 Å². The Bertz CT molecular complexity index is 1470. The van der Waals surface area contributed by atoms with Gasteiger partial charge in [-0.25, -0.2) is 10.3 Å². The van der Waals surface area contributed by atoms with E-state index in [0.29, 0.717) is 5.56 Å². The maximum absolute atomic E-state index is 13.4. The standard InChI is InChI=1S/C27H30N8O5/c1-14-5-2-3-8-17(14)15-6-4-7-16(11-15)23(38)31-19-13-35-25(29)30-18(12-34-20(36)9-10-21(34)37)22-26(35,27(19,39)40)33-24(28)32-22/h2-8,11,18-19,22,39-40H,9-10,12-13H2,1H3,(H2,29,30)(H,31,38)(H3,28,32,33)/p+1/t18-,19?,22-,26-/m0/s1. The Balaban J connectivity index is 1.29. The summed E-state index contributed by atoms with van der Waals surface area (Å²) in [5.41, 5.74) is 13.9. The summed E-state index contributed by atoms with van der Waals surface area (Å²) < 4.78 is 0. The number of carbonyl (C=O) groups is 3. The predicted molar refractivity (Wildman–Crippen MR) is 143 cm³/mol. The monoisotopic (exact) mass is 547 g/mol. The van der Waals surface area contributed by atoms with E-state index in [9.17, 15) is 24.6 Å². The largest absolute Gasteiger partial charge is 0.370 e. The lowest BCUT2D eigenvalue weighted by atomic mass is 9.84. The molecule has 1 spiro atoms. The molecule has 3 amide bonds. The molecule has 9 N–H and O–H groups in total. The molecule has 0 bridgehead atoms. The molecule has 2 saturated heterocycles. The van der Waals surface area contributed by atoms with E-state index >= 15 is 0 Å². The first-order chi connectivity index (χ1) is 19.0. The van der Waals surface area contributed by atoms with Crippen LogP contribution in [0.3, 0.4) is 0 Å². The normalized spacial score (nSPS) is 28.5. The zero-order valence-electron chi connectivity index (χ0n) is 21.8. The molecule has 1 unspecified atom stereocenters. The summed E-state index contributed by atoms with van der Waals surface area (Å²) in [5.74, 6) is -3.79. The van der Waals surface area contributed by atoms with Gasteiger partial charge < -0.3 is 21.3 Å². The van der Waals surface area contributed by atoms with E-state index in [1.165, 1.54) is 4.90 Å². The molecule has 0 aliphatic carbocycles. The van der Waals surface area contributed by atoms with Crippen molar-refractivity contribution in [3.05, 3.63) is 59.7 Å². The molecule has 208 valence electrons. The van der Waals surface area contributed by atoms with Crippen LogP contribution in [0.4, 0.5) is 0 Å². The number of benzene rings is 2. The molecule has 4 aliphatic heterocycles. The highest BCUT2D eigenvalue weighted by Crippen LogP contribution is 2.41. The van der Waals surface area contributed by atoms with E-state index in [2.05, 4.69) is 20.6 Å². The molecule has 0 aromatic heterocycles. The van der Waals surface area contributed by atoms with Crippen LogP contribution < -0.4 is 27.1 Å². The number of hydrogen-bond acceptors (Lipinski definition) is 10. The number of nitrogens with one attached hydrogen (secondary N) is 3. The van der Waals surface area contributed by atoms with Crippen LogP contribution in [0.5, 0.6) is 0 Å². The Hall–Kier alpha value is -4.49. The number of guanidine groups is 2. The van der Waals surface area contributed by atoms with Crippen molar-refractivity contribution in [3.63, 3.8) is 0 Å². The van der Waals surface area contributed by atoms with Gasteiger partial charge in [0.25, 0.3) is 11.6 Å². The van der Waals surface area contributed by atoms with Crippen molar-refractivity contribution in [2.45, 2.75) is 49.3 Å². The van der Waals surface area contributed by atoms with E-state index in [1.54, 1.807) is 18.2 Å². The first kappa shape index (κ1) is 25.8. The molecule has 4 atom stereocenters. The number of aliphatic hydroxyl groups is 2. The lowest BCUT2D eigenvalue weighted by molar-refractivity contribution is -0.521. The summed E-state index contributed by atoms with van der Waals surface area (Å²) in [5, 5.41) is 29.0. The van der Waals surface area contributed by atoms with Crippen LogP contribution >= 0.6 is 0 Å². The quantitative estimate of drug-likeness (QED) is 0.148. The smallest absolute Gasteiger partial charge is 0.343 e. The van der Waals surface area contributed by atoms with Crippen LogP contribution in [0.1, 0.15) is 28.8 Å². The Morgan fingerprint density at radius 1 is 1.15 bits per heavy atom. The van der Waals surface area contributed by atoms with Crippen LogP contribution in [-0.2, 0) is 9.59 Å². The van der Waals surface area contributed by atoms with Crippen LogP contribution in [-0.4, -0.2) is 92.3 Å². The number of hydrogen-bond donors (Lipinski definition) is 7. The highest BCUT2D eigenvalue weighted by molar-refractivity contribution is 6.02. The summed E-state index contributed by atoms with van der Waals surface area (Å²) in [7, 11) is 0. The molecule has 40 heavy (non-hydrogen) atoms. The SMILES string of the molecule is Cc1ccccc1-c1cccc(C(=O)NC2CN3C(N)=N[C@@H](CN4C(=O)CCC4=O)[C@@H]4[NH+]=C(N)N[C@@]43C2(O)O)c1. The molecule has 2 fully saturated rings. The molecule has 13 nitrogen and oxygen atoms in total. The van der Waals surface area contributed by atoms with Gasteiger partial charge >= 0.3 is 5.96 Å². The molecule has 4 heterocycles. The summed E-state index contributed by atoms with van der Waals surface area (Å²) in [6.45, 7) is 1.77. The molecular weight excluding hydrogens is 516 g/mol. The van der Waals surface area contributed by atoms with Crippen molar-refractivity contribution in [1.82, 2.24) is 20.4 Å². The molecule has 0 saturated carbocycles. The van der Waals surface area contributed by atoms with E-state index in [4.69, 9.17) is 11.5 Å². The maximum atomic E-state index is 13.4. The van der Waals surface area contributed by atoms with Gasteiger partial charge in [0.2, 0.25) is 17.6 Å². The summed E-state index contributed by atoms with van der Waals surface area (Å²) >= 11 is 0. The lowest BCUT2D eigenvalue weighted by Crippen LogP contribution is -2.90. The third kappa shape index (κ3) is 3.72. The fourth-order valence-corrected chi connectivity index (χ4v) is 6.30. The van der Waals surface area contributed by atoms with Gasteiger partial charge in [0.15, 0.2) is 12.0 Å². The Morgan fingerprint density at radius 2 is 1.88 bits per heavy atom. The lowest BCUT2D eigenvalue weighted by Gasteiger charge is -2.46. The molecule has 2 aromatic carbocycles. The van der Waals surface area contributed by atoms with Crippen molar-refractivity contribution in [1.29, 1.82) is 0 Å². The minimum Gasteiger partial charge on any atom is -0.370 e. The summed E-state index contributed by atoms with van der Waals surface area (Å²) in [6.07, 6.45) is 0.214. The molecule has 2 aromatic rings. The zero-order chi connectivity index (χ0) is 28.4.